The van der Waals surface area contributed by atoms with Crippen LogP contribution in [0, 0.1) is 11.2 Å². The SMILES string of the molecule is C=S(c1cnn(C)c1)N(C1CC1)[C@H]1CCC2=Cc3c(cnn3-c3ccc(F)cc3)C[C@]2(C(=O)c2ncc(C(F)(F)F)s2)C1. The Balaban J connectivity index is 1.30. The van der Waals surface area contributed by atoms with E-state index in [9.17, 15) is 22.4 Å². The normalized spacial score (nSPS) is 22.7. The van der Waals surface area contributed by atoms with Gasteiger partial charge < -0.3 is 0 Å². The summed E-state index contributed by atoms with van der Waals surface area (Å²) in [7, 11) is 1.34. The van der Waals surface area contributed by atoms with Gasteiger partial charge in [0.2, 0.25) is 5.78 Å². The molecule has 0 aliphatic heterocycles. The van der Waals surface area contributed by atoms with Gasteiger partial charge in [0, 0.05) is 25.3 Å². The number of aryl methyl sites for hydroxylation is 1. The van der Waals surface area contributed by atoms with Crippen LogP contribution in [0.1, 0.15) is 58.0 Å². The van der Waals surface area contributed by atoms with Crippen LogP contribution in [-0.4, -0.2) is 52.6 Å². The number of nitrogens with zero attached hydrogens (tertiary/aromatic N) is 6. The average Bonchev–Trinajstić information content (AvgIpc) is 3.33. The van der Waals surface area contributed by atoms with E-state index >= 15 is 0 Å². The Bertz CT molecular complexity index is 1770. The lowest BCUT2D eigenvalue weighted by Gasteiger charge is -2.47. The lowest BCUT2D eigenvalue weighted by molar-refractivity contribution is -0.134. The monoisotopic (exact) mass is 628 g/mol. The lowest BCUT2D eigenvalue weighted by atomic mass is 9.61. The third kappa shape index (κ3) is 5.00. The van der Waals surface area contributed by atoms with Crippen LogP contribution >= 0.6 is 22.0 Å². The number of benzene rings is 1. The summed E-state index contributed by atoms with van der Waals surface area (Å²) in [6, 6.07) is 6.33. The summed E-state index contributed by atoms with van der Waals surface area (Å²) >= 11 is 0.407. The van der Waals surface area contributed by atoms with Gasteiger partial charge in [0.05, 0.1) is 40.3 Å². The van der Waals surface area contributed by atoms with Crippen molar-refractivity contribution in [1.82, 2.24) is 28.9 Å². The van der Waals surface area contributed by atoms with E-state index in [2.05, 4.69) is 25.4 Å². The topological polar surface area (TPSA) is 68.8 Å². The molecule has 0 bridgehead atoms. The Morgan fingerprint density at radius 2 is 1.88 bits per heavy atom. The molecule has 7 rings (SSSR count). The lowest BCUT2D eigenvalue weighted by Crippen LogP contribution is -2.48. The molecule has 7 nitrogen and oxygen atoms in total. The van der Waals surface area contributed by atoms with Gasteiger partial charge in [-0.05, 0) is 74.4 Å². The maximum absolute atomic E-state index is 14.4. The first-order chi connectivity index (χ1) is 20.5. The molecule has 3 aromatic heterocycles. The number of alkyl halides is 3. The van der Waals surface area contributed by atoms with Gasteiger partial charge in [0.15, 0.2) is 5.01 Å². The highest BCUT2D eigenvalue weighted by molar-refractivity contribution is 8.12. The van der Waals surface area contributed by atoms with Gasteiger partial charge in [0.25, 0.3) is 0 Å². The summed E-state index contributed by atoms with van der Waals surface area (Å²) in [6.07, 6.45) is 7.82. The van der Waals surface area contributed by atoms with Gasteiger partial charge in [-0.1, -0.05) is 22.1 Å². The molecule has 3 atom stereocenters. The molecule has 1 aromatic carbocycles. The first-order valence-electron chi connectivity index (χ1n) is 14.0. The Hall–Kier alpha value is -3.42. The second-order valence-electron chi connectivity index (χ2n) is 11.4. The number of carbonyl (C=O) groups excluding carboxylic acids is 1. The zero-order valence-electron chi connectivity index (χ0n) is 23.2. The Morgan fingerprint density at radius 1 is 1.12 bits per heavy atom. The summed E-state index contributed by atoms with van der Waals surface area (Å²) in [4.78, 5) is 18.6. The molecule has 43 heavy (non-hydrogen) atoms. The Kier molecular flexibility index (Phi) is 6.82. The molecule has 3 heterocycles. The van der Waals surface area contributed by atoms with E-state index in [1.807, 2.05) is 25.5 Å². The number of thiazole rings is 1. The molecule has 2 fully saturated rings. The van der Waals surface area contributed by atoms with Crippen LogP contribution in [0.3, 0.4) is 0 Å². The number of ketones is 1. The van der Waals surface area contributed by atoms with Crippen LogP contribution in [0.25, 0.3) is 11.8 Å². The molecule has 1 unspecified atom stereocenters. The maximum atomic E-state index is 14.4. The van der Waals surface area contributed by atoms with E-state index in [1.165, 1.54) is 12.1 Å². The highest BCUT2D eigenvalue weighted by Gasteiger charge is 2.52. The van der Waals surface area contributed by atoms with Crippen LogP contribution in [0.15, 0.2) is 59.5 Å². The molecule has 0 radical (unpaired) electrons. The smallest absolute Gasteiger partial charge is 0.290 e. The van der Waals surface area contributed by atoms with Crippen LogP contribution in [-0.2, 0) is 19.6 Å². The number of allylic oxidation sites excluding steroid dienone is 1. The molecular formula is C30H28F4N6OS2. The van der Waals surface area contributed by atoms with E-state index < -0.39 is 27.1 Å². The molecule has 4 aromatic rings. The number of hydrogen-bond acceptors (Lipinski definition) is 6. The second-order valence-corrected chi connectivity index (χ2v) is 14.1. The molecule has 3 aliphatic rings. The molecule has 0 saturated heterocycles. The molecule has 224 valence electrons. The zero-order valence-corrected chi connectivity index (χ0v) is 24.9. The van der Waals surface area contributed by atoms with Crippen molar-refractivity contribution in [2.75, 3.05) is 0 Å². The molecule has 3 aliphatic carbocycles. The van der Waals surface area contributed by atoms with Gasteiger partial charge in [-0.15, -0.1) is 11.3 Å². The van der Waals surface area contributed by atoms with Crippen LogP contribution < -0.4 is 0 Å². The molecule has 0 amide bonds. The van der Waals surface area contributed by atoms with Crippen molar-refractivity contribution in [2.24, 2.45) is 12.5 Å². The molecule has 2 saturated carbocycles. The fourth-order valence-electron chi connectivity index (χ4n) is 6.43. The number of hydrogen-bond donors (Lipinski definition) is 0. The van der Waals surface area contributed by atoms with Gasteiger partial charge in [-0.25, -0.2) is 18.4 Å². The van der Waals surface area contributed by atoms with Crippen molar-refractivity contribution in [3.05, 3.63) is 81.6 Å². The third-order valence-electron chi connectivity index (χ3n) is 8.59. The number of aromatic nitrogens is 5. The number of halogens is 4. The van der Waals surface area contributed by atoms with Crippen LogP contribution in [0.5, 0.6) is 0 Å². The Labute approximate surface area is 251 Å². The summed E-state index contributed by atoms with van der Waals surface area (Å²) in [5.41, 5.74) is 2.09. The van der Waals surface area contributed by atoms with E-state index in [1.54, 1.807) is 27.7 Å². The summed E-state index contributed by atoms with van der Waals surface area (Å²) < 4.78 is 60.1. The van der Waals surface area contributed by atoms with Crippen molar-refractivity contribution in [1.29, 1.82) is 0 Å². The van der Waals surface area contributed by atoms with E-state index in [4.69, 9.17) is 0 Å². The van der Waals surface area contributed by atoms with Crippen molar-refractivity contribution < 1.29 is 22.4 Å². The van der Waals surface area contributed by atoms with Gasteiger partial charge in [0.1, 0.15) is 10.7 Å². The Morgan fingerprint density at radius 3 is 2.53 bits per heavy atom. The molecule has 0 spiro atoms. The highest BCUT2D eigenvalue weighted by Crippen LogP contribution is 2.54. The van der Waals surface area contributed by atoms with Crippen LogP contribution in [0.4, 0.5) is 17.6 Å². The number of fused-ring (bicyclic) bond motifs is 2. The number of Topliss-reactive ketones (excluding diaryl/α,β-unsaturated/α-hetero) is 1. The van der Waals surface area contributed by atoms with Crippen molar-refractivity contribution in [3.63, 3.8) is 0 Å². The fraction of sp³-hybridized carbons (Fsp3) is 0.367. The van der Waals surface area contributed by atoms with Gasteiger partial charge >= 0.3 is 6.18 Å². The zero-order chi connectivity index (χ0) is 30.1. The number of rotatable bonds is 7. The van der Waals surface area contributed by atoms with Crippen LogP contribution in [0.2, 0.25) is 0 Å². The van der Waals surface area contributed by atoms with Crippen molar-refractivity contribution in [2.45, 2.75) is 61.7 Å². The fourth-order valence-corrected chi connectivity index (χ4v) is 9.05. The van der Waals surface area contributed by atoms with Gasteiger partial charge in [-0.2, -0.15) is 23.4 Å². The molecule has 13 heteroatoms. The molecule has 0 N–H and O–H groups in total. The first kappa shape index (κ1) is 28.4. The minimum Gasteiger partial charge on any atom is -0.290 e. The van der Waals surface area contributed by atoms with E-state index in [-0.39, 0.29) is 22.6 Å². The quantitative estimate of drug-likeness (QED) is 0.129. The van der Waals surface area contributed by atoms with E-state index in [0.29, 0.717) is 42.3 Å². The maximum Gasteiger partial charge on any atom is 0.427 e. The van der Waals surface area contributed by atoms with Gasteiger partial charge in [-0.3, -0.25) is 9.48 Å². The minimum absolute atomic E-state index is 0.00891. The largest absolute Gasteiger partial charge is 0.427 e. The highest BCUT2D eigenvalue weighted by atomic mass is 32.2. The predicted molar refractivity (Wildman–Crippen MR) is 158 cm³/mol. The second kappa shape index (κ2) is 10.3. The van der Waals surface area contributed by atoms with Crippen molar-refractivity contribution >= 4 is 39.7 Å². The summed E-state index contributed by atoms with van der Waals surface area (Å²) in [5.74, 6) is 3.78. The minimum atomic E-state index is -4.58. The summed E-state index contributed by atoms with van der Waals surface area (Å²) in [5, 5.41) is 8.77. The number of carbonyl (C=O) groups is 1. The standard InChI is InChI=1S/C30H28F4N6OS2/c1-38-17-24(15-36-38)43(2)40(22-9-10-22)23-6-3-19-11-25-18(14-37-39(25)21-7-4-20(31)5-8-21)12-29(19,13-23)27(41)28-35-16-26(42-28)30(32,33)34/h4-5,7-8,11,14-17,22-23H,2-3,6,9-10,12-13H2,1H3/t23-,29-,43?/m0/s1. The predicted octanol–water partition coefficient (Wildman–Crippen LogP) is 6.72. The summed E-state index contributed by atoms with van der Waals surface area (Å²) in [6.45, 7) is 0. The molecular weight excluding hydrogens is 600 g/mol. The van der Waals surface area contributed by atoms with Crippen molar-refractivity contribution in [3.8, 4) is 5.69 Å². The average molecular weight is 629 g/mol. The third-order valence-corrected chi connectivity index (χ3v) is 11.5. The van der Waals surface area contributed by atoms with E-state index in [0.717, 1.165) is 47.2 Å². The first-order valence-corrected chi connectivity index (χ1v) is 16.1.